The summed E-state index contributed by atoms with van der Waals surface area (Å²) in [5.41, 5.74) is 2.17. The van der Waals surface area contributed by atoms with Crippen molar-refractivity contribution < 1.29 is 9.90 Å². The van der Waals surface area contributed by atoms with E-state index in [1.165, 1.54) is 0 Å². The fraction of sp³-hybridized carbons (Fsp3) is 0.562. The molecule has 2 N–H and O–H groups in total. The van der Waals surface area contributed by atoms with Crippen LogP contribution in [0.1, 0.15) is 37.7 Å². The van der Waals surface area contributed by atoms with Gasteiger partial charge in [-0.1, -0.05) is 18.2 Å². The monoisotopic (exact) mass is 274 g/mol. The summed E-state index contributed by atoms with van der Waals surface area (Å²) in [5.74, 6) is 0.108. The number of aliphatic hydroxyl groups is 1. The Balaban J connectivity index is 1.88. The summed E-state index contributed by atoms with van der Waals surface area (Å²) in [6, 6.07) is 8.38. The Bertz CT molecular complexity index is 503. The Labute approximate surface area is 119 Å². The van der Waals surface area contributed by atoms with Crippen molar-refractivity contribution in [1.29, 1.82) is 0 Å². The normalized spacial score (nSPS) is 28.9. The van der Waals surface area contributed by atoms with Gasteiger partial charge in [0.2, 0.25) is 5.91 Å². The number of anilines is 1. The molecule has 1 amide bonds. The summed E-state index contributed by atoms with van der Waals surface area (Å²) in [4.78, 5) is 14.8. The number of rotatable bonds is 2. The van der Waals surface area contributed by atoms with Crippen LogP contribution in [0, 0.1) is 0 Å². The van der Waals surface area contributed by atoms with Gasteiger partial charge in [-0.15, -0.1) is 0 Å². The molecule has 2 aliphatic rings. The van der Waals surface area contributed by atoms with Crippen molar-refractivity contribution in [2.75, 3.05) is 18.5 Å². The molecule has 108 valence electrons. The van der Waals surface area contributed by atoms with Gasteiger partial charge in [0.25, 0.3) is 0 Å². The van der Waals surface area contributed by atoms with Gasteiger partial charge in [0.05, 0.1) is 18.6 Å². The Morgan fingerprint density at radius 1 is 1.45 bits per heavy atom. The number of aliphatic hydroxyl groups excluding tert-OH is 1. The number of amides is 1. The van der Waals surface area contributed by atoms with E-state index in [9.17, 15) is 9.90 Å². The van der Waals surface area contributed by atoms with E-state index < -0.39 is 0 Å². The first-order valence-corrected chi connectivity index (χ1v) is 7.47. The van der Waals surface area contributed by atoms with Crippen LogP contribution in [0.5, 0.6) is 0 Å². The van der Waals surface area contributed by atoms with Crippen molar-refractivity contribution in [2.45, 2.75) is 44.2 Å². The molecular formula is C16H22N2O2. The minimum atomic E-state index is -0.0744. The lowest BCUT2D eigenvalue weighted by atomic mass is 9.86. The second-order valence-electron chi connectivity index (χ2n) is 5.93. The number of carbonyl (C=O) groups is 1. The van der Waals surface area contributed by atoms with E-state index in [4.69, 9.17) is 0 Å². The Morgan fingerprint density at radius 2 is 2.25 bits per heavy atom. The number of fused-ring (bicyclic) bond motifs is 1. The van der Waals surface area contributed by atoms with Gasteiger partial charge in [-0.2, -0.15) is 0 Å². The fourth-order valence-corrected chi connectivity index (χ4v) is 3.49. The zero-order valence-electron chi connectivity index (χ0n) is 11.9. The molecule has 1 aromatic carbocycles. The number of nitrogens with one attached hydrogen (secondary N) is 1. The van der Waals surface area contributed by atoms with E-state index in [2.05, 4.69) is 12.2 Å². The predicted molar refractivity (Wildman–Crippen MR) is 78.7 cm³/mol. The predicted octanol–water partition coefficient (Wildman–Crippen LogP) is 1.96. The topological polar surface area (TPSA) is 52.6 Å². The first-order chi connectivity index (χ1) is 9.70. The van der Waals surface area contributed by atoms with Crippen molar-refractivity contribution in [1.82, 2.24) is 4.90 Å². The summed E-state index contributed by atoms with van der Waals surface area (Å²) in [7, 11) is 0. The first kappa shape index (κ1) is 13.4. The summed E-state index contributed by atoms with van der Waals surface area (Å²) in [6.07, 6.45) is 2.74. The van der Waals surface area contributed by atoms with Crippen molar-refractivity contribution in [3.63, 3.8) is 0 Å². The van der Waals surface area contributed by atoms with Crippen LogP contribution in [0.4, 0.5) is 5.69 Å². The molecule has 1 saturated heterocycles. The van der Waals surface area contributed by atoms with Crippen LogP contribution in [0.25, 0.3) is 0 Å². The van der Waals surface area contributed by atoms with Crippen molar-refractivity contribution in [3.05, 3.63) is 29.8 Å². The van der Waals surface area contributed by atoms with Crippen LogP contribution in [0.3, 0.4) is 0 Å². The average Bonchev–Trinajstić information content (AvgIpc) is 2.94. The maximum atomic E-state index is 12.9. The molecule has 3 unspecified atom stereocenters. The second-order valence-corrected chi connectivity index (χ2v) is 5.93. The van der Waals surface area contributed by atoms with Gasteiger partial charge < -0.3 is 15.3 Å². The highest BCUT2D eigenvalue weighted by molar-refractivity contribution is 5.87. The van der Waals surface area contributed by atoms with Gasteiger partial charge >= 0.3 is 0 Å². The van der Waals surface area contributed by atoms with E-state index in [1.807, 2.05) is 29.2 Å². The third kappa shape index (κ3) is 2.29. The third-order valence-corrected chi connectivity index (χ3v) is 4.50. The number of hydrogen-bond donors (Lipinski definition) is 2. The van der Waals surface area contributed by atoms with Crippen LogP contribution in [-0.2, 0) is 4.79 Å². The number of hydrogen-bond acceptors (Lipinski definition) is 3. The highest BCUT2D eigenvalue weighted by Gasteiger charge is 2.36. The van der Waals surface area contributed by atoms with Gasteiger partial charge in [0, 0.05) is 18.3 Å². The van der Waals surface area contributed by atoms with Gasteiger partial charge in [-0.3, -0.25) is 4.79 Å². The van der Waals surface area contributed by atoms with Gasteiger partial charge in [-0.05, 0) is 37.8 Å². The fourth-order valence-electron chi connectivity index (χ4n) is 3.49. The lowest BCUT2D eigenvalue weighted by Crippen LogP contribution is -2.43. The van der Waals surface area contributed by atoms with Crippen molar-refractivity contribution >= 4 is 11.6 Å². The number of para-hydroxylation sites is 1. The maximum Gasteiger partial charge on any atom is 0.230 e. The van der Waals surface area contributed by atoms with Crippen LogP contribution < -0.4 is 5.32 Å². The number of likely N-dealkylation sites (tertiary alicyclic amines) is 1. The maximum absolute atomic E-state index is 12.9. The van der Waals surface area contributed by atoms with E-state index in [0.717, 1.165) is 37.1 Å². The third-order valence-electron chi connectivity index (χ3n) is 4.50. The van der Waals surface area contributed by atoms with Gasteiger partial charge in [0.1, 0.15) is 0 Å². The zero-order chi connectivity index (χ0) is 14.1. The van der Waals surface area contributed by atoms with Gasteiger partial charge in [-0.25, -0.2) is 0 Å². The van der Waals surface area contributed by atoms with Crippen molar-refractivity contribution in [3.8, 4) is 0 Å². The molecule has 4 heteroatoms. The number of benzene rings is 1. The van der Waals surface area contributed by atoms with Crippen molar-refractivity contribution in [2.24, 2.45) is 0 Å². The smallest absolute Gasteiger partial charge is 0.230 e. The molecule has 1 aromatic rings. The lowest BCUT2D eigenvalue weighted by molar-refractivity contribution is -0.134. The molecule has 0 radical (unpaired) electrons. The van der Waals surface area contributed by atoms with Gasteiger partial charge in [0.15, 0.2) is 0 Å². The summed E-state index contributed by atoms with van der Waals surface area (Å²) in [5, 5.41) is 12.9. The molecule has 3 atom stereocenters. The van der Waals surface area contributed by atoms with Crippen LogP contribution >= 0.6 is 0 Å². The molecule has 3 rings (SSSR count). The zero-order valence-corrected chi connectivity index (χ0v) is 11.9. The number of nitrogens with zero attached hydrogens (tertiary/aromatic N) is 1. The molecule has 4 nitrogen and oxygen atoms in total. The van der Waals surface area contributed by atoms with Crippen LogP contribution in [0.2, 0.25) is 0 Å². The van der Waals surface area contributed by atoms with E-state index in [-0.39, 0.29) is 24.5 Å². The molecule has 1 fully saturated rings. The van der Waals surface area contributed by atoms with E-state index in [1.54, 1.807) is 0 Å². The summed E-state index contributed by atoms with van der Waals surface area (Å²) in [6.45, 7) is 2.97. The minimum absolute atomic E-state index is 0.0138. The highest BCUT2D eigenvalue weighted by atomic mass is 16.3. The Morgan fingerprint density at radius 3 is 3.05 bits per heavy atom. The molecular weight excluding hydrogens is 252 g/mol. The largest absolute Gasteiger partial charge is 0.394 e. The minimum Gasteiger partial charge on any atom is -0.394 e. The summed E-state index contributed by atoms with van der Waals surface area (Å²) < 4.78 is 0. The lowest BCUT2D eigenvalue weighted by Gasteiger charge is -2.34. The summed E-state index contributed by atoms with van der Waals surface area (Å²) >= 11 is 0. The average molecular weight is 274 g/mol. The molecule has 2 aliphatic heterocycles. The molecule has 0 bridgehead atoms. The standard InChI is InChI=1S/C16H22N2O2/c1-11-9-14(13-6-2-3-7-15(13)17-11)16(20)18-8-4-5-12(18)10-19/h2-3,6-7,11-12,14,17,19H,4-5,8-10H2,1H3. The Kier molecular flexibility index (Phi) is 3.66. The SMILES string of the molecule is CC1CC(C(=O)N2CCCC2CO)c2ccccc2N1. The number of carbonyl (C=O) groups excluding carboxylic acids is 1. The highest BCUT2D eigenvalue weighted by Crippen LogP contribution is 2.36. The molecule has 0 aliphatic carbocycles. The molecule has 20 heavy (non-hydrogen) atoms. The quantitative estimate of drug-likeness (QED) is 0.867. The van der Waals surface area contributed by atoms with E-state index >= 15 is 0 Å². The molecule has 0 saturated carbocycles. The van der Waals surface area contributed by atoms with Crippen LogP contribution in [0.15, 0.2) is 24.3 Å². The second kappa shape index (κ2) is 5.44. The molecule has 0 spiro atoms. The first-order valence-electron chi connectivity index (χ1n) is 7.47. The molecule has 2 heterocycles. The van der Waals surface area contributed by atoms with E-state index in [0.29, 0.717) is 6.04 Å². The van der Waals surface area contributed by atoms with Crippen LogP contribution in [-0.4, -0.2) is 41.1 Å². The molecule has 0 aromatic heterocycles. The Hall–Kier alpha value is -1.55.